The van der Waals surface area contributed by atoms with Crippen molar-refractivity contribution in [3.8, 4) is 0 Å². The van der Waals surface area contributed by atoms with Crippen LogP contribution >= 0.6 is 0 Å². The molecule has 17 heteroatoms. The molecule has 70 heavy (non-hydrogen) atoms. The third-order valence-corrected chi connectivity index (χ3v) is 16.8. The lowest BCUT2D eigenvalue weighted by molar-refractivity contribution is -0.303. The molecule has 4 heterocycles. The number of nitrogens with one attached hydrogen (secondary N) is 1. The van der Waals surface area contributed by atoms with Crippen molar-refractivity contribution < 1.29 is 63.9 Å². The first-order valence-electron chi connectivity index (χ1n) is 26.0. The number of rotatable bonds is 13. The summed E-state index contributed by atoms with van der Waals surface area (Å²) in [6, 6.07) is 7.90. The molecule has 5 rings (SSSR count). The number of carbonyl (C=O) groups is 2. The molecular weight excluding hydrogens is 901 g/mol. The van der Waals surface area contributed by atoms with E-state index in [1.54, 1.807) is 48.5 Å². The fourth-order valence-corrected chi connectivity index (χ4v) is 12.4. The zero-order valence-corrected chi connectivity index (χ0v) is 44.7. The highest BCUT2D eigenvalue weighted by Gasteiger charge is 2.55. The first-order valence-corrected chi connectivity index (χ1v) is 26.0. The van der Waals surface area contributed by atoms with Gasteiger partial charge in [-0.15, -0.1) is 0 Å². The minimum absolute atomic E-state index is 0.151. The molecule has 0 aliphatic carbocycles. The lowest BCUT2D eigenvalue weighted by Gasteiger charge is -2.51. The maximum atomic E-state index is 14.6. The van der Waals surface area contributed by atoms with Crippen molar-refractivity contribution in [3.63, 3.8) is 0 Å². The van der Waals surface area contributed by atoms with Gasteiger partial charge in [-0.05, 0) is 119 Å². The lowest BCUT2D eigenvalue weighted by Crippen LogP contribution is -2.62. The number of hydrogen-bond donors (Lipinski definition) is 7. The van der Waals surface area contributed by atoms with E-state index in [0.29, 0.717) is 25.9 Å². The minimum atomic E-state index is -1.83. The van der Waals surface area contributed by atoms with Gasteiger partial charge in [0.2, 0.25) is 5.91 Å². The Hall–Kier alpha value is -2.36. The number of ether oxygens (including phenoxy) is 5. The molecule has 1 aromatic carbocycles. The largest absolute Gasteiger partial charge is 0.459 e. The number of likely N-dealkylation sites (tertiary alicyclic amines) is 1. The van der Waals surface area contributed by atoms with Crippen LogP contribution in [0.3, 0.4) is 0 Å². The van der Waals surface area contributed by atoms with E-state index >= 15 is 0 Å². The first kappa shape index (κ1) is 58.5. The Bertz CT molecular complexity index is 1810. The predicted octanol–water partition coefficient (Wildman–Crippen LogP) is 3.07. The average molecular weight is 993 g/mol. The van der Waals surface area contributed by atoms with Crippen LogP contribution in [-0.4, -0.2) is 200 Å². The summed E-state index contributed by atoms with van der Waals surface area (Å²) in [5.74, 6) is -3.44. The number of benzene rings is 1. The Morgan fingerprint density at radius 2 is 1.66 bits per heavy atom. The highest BCUT2D eigenvalue weighted by molar-refractivity contribution is 5.82. The third kappa shape index (κ3) is 13.5. The first-order chi connectivity index (χ1) is 32.7. The van der Waals surface area contributed by atoms with Crippen LogP contribution < -0.4 is 5.32 Å². The van der Waals surface area contributed by atoms with Gasteiger partial charge in [0, 0.05) is 51.2 Å². The summed E-state index contributed by atoms with van der Waals surface area (Å²) >= 11 is 0. The summed E-state index contributed by atoms with van der Waals surface area (Å²) in [6.07, 6.45) is -7.27. The second kappa shape index (κ2) is 24.3. The predicted molar refractivity (Wildman–Crippen MR) is 265 cm³/mol. The smallest absolute Gasteiger partial charge is 0.309 e. The van der Waals surface area contributed by atoms with Crippen molar-refractivity contribution in [2.75, 3.05) is 40.8 Å². The van der Waals surface area contributed by atoms with Gasteiger partial charge in [-0.1, -0.05) is 58.0 Å². The summed E-state index contributed by atoms with van der Waals surface area (Å²) in [6.45, 7) is 21.5. The van der Waals surface area contributed by atoms with Gasteiger partial charge < -0.3 is 64.5 Å². The number of methoxy groups -OCH3 is 1. The molecule has 7 N–H and O–H groups in total. The van der Waals surface area contributed by atoms with Gasteiger partial charge in [-0.25, -0.2) is 0 Å². The van der Waals surface area contributed by atoms with Crippen molar-refractivity contribution in [1.29, 1.82) is 0 Å². The van der Waals surface area contributed by atoms with Crippen LogP contribution in [0.25, 0.3) is 0 Å². The number of aliphatic hydroxyl groups excluding tert-OH is 4. The zero-order valence-electron chi connectivity index (χ0n) is 44.7. The molecular formula is C53H92N4O13. The second-order valence-electron chi connectivity index (χ2n) is 22.7. The highest BCUT2D eigenvalue weighted by Crippen LogP contribution is 2.45. The van der Waals surface area contributed by atoms with Crippen molar-refractivity contribution in [2.45, 2.75) is 223 Å². The Labute approximate surface area is 418 Å². The molecule has 1 amide bonds. The van der Waals surface area contributed by atoms with E-state index in [0.717, 1.165) is 18.5 Å². The summed E-state index contributed by atoms with van der Waals surface area (Å²) < 4.78 is 32.2. The van der Waals surface area contributed by atoms with Gasteiger partial charge in [0.25, 0.3) is 0 Å². The molecule has 0 saturated carbocycles. The maximum Gasteiger partial charge on any atom is 0.309 e. The summed E-state index contributed by atoms with van der Waals surface area (Å²) in [4.78, 5) is 34.6. The number of likely N-dealkylation sites (N-methyl/N-ethyl adjacent to an activating group) is 2. The topological polar surface area (TPSA) is 223 Å². The molecule has 1 aromatic rings. The number of cyclic esters (lactones) is 1. The molecule has 0 radical (unpaired) electrons. The van der Waals surface area contributed by atoms with Gasteiger partial charge in [-0.2, -0.15) is 0 Å². The molecule has 17 nitrogen and oxygen atoms in total. The van der Waals surface area contributed by atoms with Crippen molar-refractivity contribution in [3.05, 3.63) is 35.9 Å². The normalized spacial score (nSPS) is 43.2. The SMILES string of the molecule is CC[C@H]1OC(=O)[C@H](C)[C@@H](C2C[C@@](C)(OC)[C@@H](O)[C@H](C)O2)[C@H](C)[C@@H](O[C@@H]2O[C@H](C)C[C@H](N(C)CC(NC(=O)[C@@H]3CCCN3Cc3ccccc3)[C@H](C)O)[C@H]2O)[C@](C)(O)C[C@@H](C)CN(C)[C@H](C)[C@@H](O)[C@]1(C)O. The van der Waals surface area contributed by atoms with Gasteiger partial charge in [0.1, 0.15) is 30.0 Å². The molecule has 4 saturated heterocycles. The van der Waals surface area contributed by atoms with E-state index in [-0.39, 0.29) is 43.7 Å². The summed E-state index contributed by atoms with van der Waals surface area (Å²) in [5, 5.41) is 74.5. The van der Waals surface area contributed by atoms with Crippen LogP contribution in [0.5, 0.6) is 0 Å². The zero-order chi connectivity index (χ0) is 52.2. The number of aliphatic hydroxyl groups is 6. The van der Waals surface area contributed by atoms with E-state index in [4.69, 9.17) is 23.7 Å². The number of nitrogens with zero attached hydrogens (tertiary/aromatic N) is 3. The van der Waals surface area contributed by atoms with Crippen LogP contribution in [-0.2, 0) is 39.8 Å². The molecule has 4 aliphatic heterocycles. The number of esters is 1. The van der Waals surface area contributed by atoms with Crippen LogP contribution in [0.2, 0.25) is 0 Å². The van der Waals surface area contributed by atoms with E-state index in [9.17, 15) is 40.2 Å². The Morgan fingerprint density at radius 3 is 2.27 bits per heavy atom. The quantitative estimate of drug-likeness (QED) is 0.141. The van der Waals surface area contributed by atoms with Crippen LogP contribution in [0, 0.1) is 23.7 Å². The molecule has 0 aromatic heterocycles. The Kier molecular flexibility index (Phi) is 20.3. The number of carbonyl (C=O) groups excluding carboxylic acids is 2. The molecule has 0 bridgehead atoms. The number of amides is 1. The summed E-state index contributed by atoms with van der Waals surface area (Å²) in [7, 11) is 5.20. The summed E-state index contributed by atoms with van der Waals surface area (Å²) in [5.41, 5.74) is -3.41. The van der Waals surface area contributed by atoms with Gasteiger partial charge >= 0.3 is 5.97 Å². The van der Waals surface area contributed by atoms with Gasteiger partial charge in [-0.3, -0.25) is 19.4 Å². The second-order valence-corrected chi connectivity index (χ2v) is 22.7. The van der Waals surface area contributed by atoms with Crippen LogP contribution in [0.4, 0.5) is 0 Å². The fraction of sp³-hybridized carbons (Fsp3) is 0.849. The van der Waals surface area contributed by atoms with Gasteiger partial charge in [0.15, 0.2) is 6.29 Å². The molecule has 4 fully saturated rings. The van der Waals surface area contributed by atoms with E-state index in [1.807, 2.05) is 62.9 Å². The monoisotopic (exact) mass is 993 g/mol. The average Bonchev–Trinajstić information content (AvgIpc) is 3.76. The Morgan fingerprint density at radius 1 is 1.00 bits per heavy atom. The Balaban J connectivity index is 1.48. The van der Waals surface area contributed by atoms with Gasteiger partial charge in [0.05, 0.1) is 59.7 Å². The minimum Gasteiger partial charge on any atom is -0.459 e. The lowest BCUT2D eigenvalue weighted by atomic mass is 9.68. The van der Waals surface area contributed by atoms with E-state index in [2.05, 4.69) is 22.3 Å². The highest BCUT2D eigenvalue weighted by atomic mass is 16.7. The fourth-order valence-electron chi connectivity index (χ4n) is 12.4. The molecule has 0 spiro atoms. The van der Waals surface area contributed by atoms with Crippen molar-refractivity contribution in [2.24, 2.45) is 23.7 Å². The van der Waals surface area contributed by atoms with E-state index < -0.39 is 120 Å². The molecule has 2 unspecified atom stereocenters. The van der Waals surface area contributed by atoms with Crippen LogP contribution in [0.15, 0.2) is 30.3 Å². The van der Waals surface area contributed by atoms with Crippen LogP contribution in [0.1, 0.15) is 120 Å². The van der Waals surface area contributed by atoms with Crippen molar-refractivity contribution in [1.82, 2.24) is 20.0 Å². The molecule has 402 valence electrons. The van der Waals surface area contributed by atoms with E-state index in [1.165, 1.54) is 14.0 Å². The number of hydrogen-bond acceptors (Lipinski definition) is 16. The molecule has 21 atom stereocenters. The molecule has 4 aliphatic rings. The maximum absolute atomic E-state index is 14.6. The third-order valence-electron chi connectivity index (χ3n) is 16.8. The standard InChI is InChI=1S/C53H92N4O13/c1-15-42-53(11,65)45(60)34(6)55(12)27-30(2)25-51(9,64)47(32(4)43(33(5)49(63)69-42)41-26-52(10,66-14)46(61)36(8)68-41)70-50-44(59)40(24-31(3)67-50)56(13)29-38(35(7)58)54-48(62)39-22-19-23-57(39)28-37-20-17-16-18-21-37/h16-18,20-21,30-36,38-47,50,58-61,64-65H,15,19,22-29H2,1-14H3,(H,54,62)/t30-,31-,32+,33-,34-,35+,36+,38?,39+,40+,41?,42-,43+,44-,45-,46+,47-,50+,51-,52-,53-/m1/s1. The van der Waals surface area contributed by atoms with Crippen molar-refractivity contribution >= 4 is 11.9 Å².